The summed E-state index contributed by atoms with van der Waals surface area (Å²) in [6.45, 7) is 1.53. The van der Waals surface area contributed by atoms with Gasteiger partial charge >= 0.3 is 0 Å². The summed E-state index contributed by atoms with van der Waals surface area (Å²) in [6, 6.07) is 10.7. The van der Waals surface area contributed by atoms with E-state index in [1.165, 1.54) is 0 Å². The number of nitrogens with one attached hydrogen (secondary N) is 2. The minimum atomic E-state index is -0.287. The van der Waals surface area contributed by atoms with Crippen molar-refractivity contribution >= 4 is 33.3 Å². The molecule has 1 aliphatic rings. The third kappa shape index (κ3) is 4.49. The Hall–Kier alpha value is -1.99. The third-order valence-corrected chi connectivity index (χ3v) is 4.06. The quantitative estimate of drug-likeness (QED) is 0.838. The lowest BCUT2D eigenvalue weighted by atomic mass is 10.2. The van der Waals surface area contributed by atoms with Crippen molar-refractivity contribution in [3.63, 3.8) is 0 Å². The van der Waals surface area contributed by atoms with E-state index < -0.39 is 0 Å². The maximum absolute atomic E-state index is 12.1. The second kappa shape index (κ2) is 7.52. The van der Waals surface area contributed by atoms with Gasteiger partial charge in [-0.3, -0.25) is 4.79 Å². The largest absolute Gasteiger partial charge is 0.376 e. The van der Waals surface area contributed by atoms with Crippen LogP contribution >= 0.6 is 15.9 Å². The summed E-state index contributed by atoms with van der Waals surface area (Å²) in [5.41, 5.74) is 0.983. The molecule has 7 heteroatoms. The van der Waals surface area contributed by atoms with Crippen molar-refractivity contribution in [2.75, 3.05) is 23.8 Å². The summed E-state index contributed by atoms with van der Waals surface area (Å²) in [6.07, 6.45) is 2.40. The highest BCUT2D eigenvalue weighted by Gasteiger charge is 2.15. The standard InChI is InChI=1S/C16H17BrN4O2/c17-11-3-5-12(6-4-11)19-16(22)14-7-8-15(21-20-14)18-10-13-2-1-9-23-13/h3-8,13H,1-2,9-10H2,(H,18,21)(H,19,22). The van der Waals surface area contributed by atoms with Gasteiger partial charge in [-0.25, -0.2) is 0 Å². The maximum atomic E-state index is 12.1. The third-order valence-electron chi connectivity index (χ3n) is 3.53. The van der Waals surface area contributed by atoms with Crippen LogP contribution in [0.15, 0.2) is 40.9 Å². The summed E-state index contributed by atoms with van der Waals surface area (Å²) in [5, 5.41) is 13.9. The fraction of sp³-hybridized carbons (Fsp3) is 0.312. The molecule has 3 rings (SSSR count). The number of hydrogen-bond donors (Lipinski definition) is 2. The van der Waals surface area contributed by atoms with Gasteiger partial charge in [-0.2, -0.15) is 0 Å². The number of aromatic nitrogens is 2. The molecule has 1 aromatic carbocycles. The van der Waals surface area contributed by atoms with Gasteiger partial charge in [0.1, 0.15) is 5.82 Å². The van der Waals surface area contributed by atoms with Crippen molar-refractivity contribution in [1.29, 1.82) is 0 Å². The SMILES string of the molecule is O=C(Nc1ccc(Br)cc1)c1ccc(NCC2CCCO2)nn1. The number of ether oxygens (including phenoxy) is 1. The van der Waals surface area contributed by atoms with Crippen LogP contribution < -0.4 is 10.6 Å². The zero-order chi connectivity index (χ0) is 16.1. The zero-order valence-corrected chi connectivity index (χ0v) is 14.0. The highest BCUT2D eigenvalue weighted by atomic mass is 79.9. The highest BCUT2D eigenvalue weighted by molar-refractivity contribution is 9.10. The minimum Gasteiger partial charge on any atom is -0.376 e. The number of anilines is 2. The number of carbonyl (C=O) groups excluding carboxylic acids is 1. The number of halogens is 1. The molecule has 0 aliphatic carbocycles. The lowest BCUT2D eigenvalue weighted by Crippen LogP contribution is -2.20. The summed E-state index contributed by atoms with van der Waals surface area (Å²) < 4.78 is 6.49. The van der Waals surface area contributed by atoms with Crippen LogP contribution in [0.5, 0.6) is 0 Å². The van der Waals surface area contributed by atoms with E-state index in [0.717, 1.165) is 23.9 Å². The van der Waals surface area contributed by atoms with E-state index in [-0.39, 0.29) is 17.7 Å². The second-order valence-corrected chi connectivity index (χ2v) is 6.20. The van der Waals surface area contributed by atoms with Crippen LogP contribution in [0.25, 0.3) is 0 Å². The van der Waals surface area contributed by atoms with Gasteiger partial charge < -0.3 is 15.4 Å². The first kappa shape index (κ1) is 15.9. The molecule has 1 aromatic heterocycles. The Balaban J connectivity index is 1.55. The lowest BCUT2D eigenvalue weighted by molar-refractivity contribution is 0.102. The highest BCUT2D eigenvalue weighted by Crippen LogP contribution is 2.15. The van der Waals surface area contributed by atoms with Crippen molar-refractivity contribution in [1.82, 2.24) is 10.2 Å². The van der Waals surface area contributed by atoms with E-state index in [0.29, 0.717) is 18.1 Å². The number of rotatable bonds is 5. The molecule has 1 amide bonds. The van der Waals surface area contributed by atoms with Gasteiger partial charge in [0.05, 0.1) is 6.10 Å². The normalized spacial score (nSPS) is 17.0. The van der Waals surface area contributed by atoms with E-state index in [1.807, 2.05) is 24.3 Å². The van der Waals surface area contributed by atoms with Gasteiger partial charge in [-0.1, -0.05) is 15.9 Å². The molecule has 0 radical (unpaired) electrons. The number of carbonyl (C=O) groups is 1. The molecule has 2 heterocycles. The maximum Gasteiger partial charge on any atom is 0.276 e. The van der Waals surface area contributed by atoms with Crippen molar-refractivity contribution in [3.05, 3.63) is 46.6 Å². The van der Waals surface area contributed by atoms with Crippen molar-refractivity contribution < 1.29 is 9.53 Å². The van der Waals surface area contributed by atoms with Gasteiger partial charge in [-0.05, 0) is 49.2 Å². The van der Waals surface area contributed by atoms with Crippen molar-refractivity contribution in [2.24, 2.45) is 0 Å². The first-order chi connectivity index (χ1) is 11.2. The van der Waals surface area contributed by atoms with Crippen LogP contribution in [0.4, 0.5) is 11.5 Å². The predicted molar refractivity (Wildman–Crippen MR) is 91.6 cm³/mol. The first-order valence-electron chi connectivity index (χ1n) is 7.47. The number of benzene rings is 1. The Morgan fingerprint density at radius 2 is 2.04 bits per heavy atom. The number of hydrogen-bond acceptors (Lipinski definition) is 5. The molecule has 2 aromatic rings. The Bertz CT molecular complexity index is 655. The summed E-state index contributed by atoms with van der Waals surface area (Å²) in [4.78, 5) is 12.1. The lowest BCUT2D eigenvalue weighted by Gasteiger charge is -2.11. The Morgan fingerprint density at radius 3 is 2.70 bits per heavy atom. The molecule has 1 aliphatic heterocycles. The topological polar surface area (TPSA) is 76.1 Å². The van der Waals surface area contributed by atoms with Crippen molar-refractivity contribution in [2.45, 2.75) is 18.9 Å². The van der Waals surface area contributed by atoms with Crippen LogP contribution in [0.3, 0.4) is 0 Å². The first-order valence-corrected chi connectivity index (χ1v) is 8.26. The molecule has 1 atom stereocenters. The summed E-state index contributed by atoms with van der Waals surface area (Å²) in [5.74, 6) is 0.353. The molecule has 1 fully saturated rings. The van der Waals surface area contributed by atoms with Gasteiger partial charge in [0, 0.05) is 23.3 Å². The van der Waals surface area contributed by atoms with Crippen LogP contribution in [0.1, 0.15) is 23.3 Å². The molecule has 23 heavy (non-hydrogen) atoms. The molecular weight excluding hydrogens is 360 g/mol. The van der Waals surface area contributed by atoms with Gasteiger partial charge in [0.15, 0.2) is 5.69 Å². The average molecular weight is 377 g/mol. The minimum absolute atomic E-state index is 0.233. The van der Waals surface area contributed by atoms with E-state index in [4.69, 9.17) is 4.74 Å². The average Bonchev–Trinajstić information content (AvgIpc) is 3.09. The molecule has 1 saturated heterocycles. The van der Waals surface area contributed by atoms with E-state index in [2.05, 4.69) is 36.8 Å². The molecule has 0 saturated carbocycles. The van der Waals surface area contributed by atoms with Crippen molar-refractivity contribution in [3.8, 4) is 0 Å². The Labute approximate surface area is 142 Å². The van der Waals surface area contributed by atoms with Crippen LogP contribution in [0.2, 0.25) is 0 Å². The molecule has 6 nitrogen and oxygen atoms in total. The molecular formula is C16H17BrN4O2. The second-order valence-electron chi connectivity index (χ2n) is 5.28. The molecule has 0 spiro atoms. The molecule has 120 valence electrons. The van der Waals surface area contributed by atoms with Crippen LogP contribution in [-0.2, 0) is 4.74 Å². The molecule has 1 unspecified atom stereocenters. The van der Waals surface area contributed by atoms with Crippen LogP contribution in [-0.4, -0.2) is 35.4 Å². The Kier molecular flexibility index (Phi) is 5.19. The van der Waals surface area contributed by atoms with E-state index >= 15 is 0 Å². The number of amides is 1. The molecule has 0 bridgehead atoms. The van der Waals surface area contributed by atoms with E-state index in [1.54, 1.807) is 12.1 Å². The molecule has 2 N–H and O–H groups in total. The number of nitrogens with zero attached hydrogens (tertiary/aromatic N) is 2. The monoisotopic (exact) mass is 376 g/mol. The predicted octanol–water partition coefficient (Wildman–Crippen LogP) is 3.08. The van der Waals surface area contributed by atoms with E-state index in [9.17, 15) is 4.79 Å². The Morgan fingerprint density at radius 1 is 1.22 bits per heavy atom. The van der Waals surface area contributed by atoms with Crippen LogP contribution in [0, 0.1) is 0 Å². The smallest absolute Gasteiger partial charge is 0.276 e. The van der Waals surface area contributed by atoms with Gasteiger partial charge in [-0.15, -0.1) is 10.2 Å². The van der Waals surface area contributed by atoms with Gasteiger partial charge in [0.2, 0.25) is 0 Å². The summed E-state index contributed by atoms with van der Waals surface area (Å²) >= 11 is 3.35. The van der Waals surface area contributed by atoms with Gasteiger partial charge in [0.25, 0.3) is 5.91 Å². The fourth-order valence-electron chi connectivity index (χ4n) is 2.30. The summed E-state index contributed by atoms with van der Waals surface area (Å²) in [7, 11) is 0. The fourth-order valence-corrected chi connectivity index (χ4v) is 2.56. The zero-order valence-electron chi connectivity index (χ0n) is 12.5.